The zero-order chi connectivity index (χ0) is 23.6. The molecule has 0 saturated carbocycles. The number of thioether (sulfide) groups is 1. The third-order valence-corrected chi connectivity index (χ3v) is 8.18. The Kier molecular flexibility index (Phi) is 6.57. The number of amidine groups is 1. The summed E-state index contributed by atoms with van der Waals surface area (Å²) < 4.78 is 66.7. The number of hydrogen-bond acceptors (Lipinski definition) is 7. The smallest absolute Gasteiger partial charge is 0.416 e. The lowest BCUT2D eigenvalue weighted by Crippen LogP contribution is -2.28. The molecule has 1 amide bonds. The quantitative estimate of drug-likeness (QED) is 0.593. The summed E-state index contributed by atoms with van der Waals surface area (Å²) in [6, 6.07) is 11.0. The summed E-state index contributed by atoms with van der Waals surface area (Å²) in [5.41, 5.74) is 0.324. The van der Waals surface area contributed by atoms with Gasteiger partial charge in [0.25, 0.3) is 5.91 Å². The maximum Gasteiger partial charge on any atom is 0.416 e. The van der Waals surface area contributed by atoms with Crippen molar-refractivity contribution in [2.24, 2.45) is 4.99 Å². The molecule has 176 valence electrons. The number of hydrogen-bond donors (Lipinski definition) is 2. The summed E-state index contributed by atoms with van der Waals surface area (Å²) >= 11 is 1.41. The fourth-order valence-electron chi connectivity index (χ4n) is 3.44. The van der Waals surface area contributed by atoms with Crippen LogP contribution in [-0.4, -0.2) is 55.4 Å². The summed E-state index contributed by atoms with van der Waals surface area (Å²) in [6.45, 7) is 0.135. The summed E-state index contributed by atoms with van der Waals surface area (Å²) in [5.74, 6) is -0.0644. The highest BCUT2D eigenvalue weighted by atomic mass is 32.2. The largest absolute Gasteiger partial charge is 0.492 e. The summed E-state index contributed by atoms with van der Waals surface area (Å²) in [5, 5.41) is 6.39. The highest BCUT2D eigenvalue weighted by Crippen LogP contribution is 2.34. The van der Waals surface area contributed by atoms with E-state index in [1.807, 2.05) is 0 Å². The molecule has 33 heavy (non-hydrogen) atoms. The van der Waals surface area contributed by atoms with Crippen molar-refractivity contribution in [3.63, 3.8) is 0 Å². The van der Waals surface area contributed by atoms with Crippen LogP contribution in [0.25, 0.3) is 0 Å². The molecule has 2 aromatic rings. The van der Waals surface area contributed by atoms with Gasteiger partial charge >= 0.3 is 6.18 Å². The Hall–Kier alpha value is -2.73. The Morgan fingerprint density at radius 3 is 2.61 bits per heavy atom. The van der Waals surface area contributed by atoms with E-state index in [2.05, 4.69) is 15.6 Å². The normalized spacial score (nSPS) is 21.2. The fraction of sp³-hybridized carbons (Fsp3) is 0.333. The van der Waals surface area contributed by atoms with Crippen LogP contribution >= 0.6 is 11.8 Å². The van der Waals surface area contributed by atoms with Crippen LogP contribution in [0, 0.1) is 0 Å². The van der Waals surface area contributed by atoms with Gasteiger partial charge in [0.15, 0.2) is 15.0 Å². The van der Waals surface area contributed by atoms with Crippen molar-refractivity contribution < 1.29 is 31.1 Å². The van der Waals surface area contributed by atoms with Gasteiger partial charge in [-0.25, -0.2) is 8.42 Å². The number of halogens is 3. The van der Waals surface area contributed by atoms with E-state index in [9.17, 15) is 26.4 Å². The second kappa shape index (κ2) is 9.26. The van der Waals surface area contributed by atoms with Crippen molar-refractivity contribution in [2.75, 3.05) is 30.0 Å². The monoisotopic (exact) mass is 499 g/mol. The van der Waals surface area contributed by atoms with Crippen LogP contribution in [0.4, 0.5) is 18.9 Å². The van der Waals surface area contributed by atoms with Gasteiger partial charge in [-0.3, -0.25) is 9.79 Å². The van der Waals surface area contributed by atoms with E-state index in [0.717, 1.165) is 12.1 Å². The second-order valence-corrected chi connectivity index (χ2v) is 10.9. The van der Waals surface area contributed by atoms with Gasteiger partial charge in [-0.1, -0.05) is 17.8 Å². The van der Waals surface area contributed by atoms with Gasteiger partial charge < -0.3 is 15.4 Å². The van der Waals surface area contributed by atoms with Gasteiger partial charge in [0.2, 0.25) is 0 Å². The van der Waals surface area contributed by atoms with Gasteiger partial charge in [0.1, 0.15) is 12.4 Å². The van der Waals surface area contributed by atoms with Crippen molar-refractivity contribution in [2.45, 2.75) is 17.5 Å². The number of anilines is 1. The molecule has 0 unspecified atom stereocenters. The first-order chi connectivity index (χ1) is 15.6. The molecule has 2 aliphatic rings. The molecule has 4 rings (SSSR count). The maximum absolute atomic E-state index is 12.7. The topological polar surface area (TPSA) is 96.9 Å². The van der Waals surface area contributed by atoms with Gasteiger partial charge in [-0.2, -0.15) is 13.2 Å². The summed E-state index contributed by atoms with van der Waals surface area (Å²) in [4.78, 5) is 16.7. The predicted octanol–water partition coefficient (Wildman–Crippen LogP) is 3.19. The van der Waals surface area contributed by atoms with E-state index >= 15 is 0 Å². The first kappa shape index (κ1) is 23.4. The van der Waals surface area contributed by atoms with E-state index in [1.54, 1.807) is 24.3 Å². The number of nitrogens with zero attached hydrogens (tertiary/aromatic N) is 1. The number of sulfone groups is 1. The predicted molar refractivity (Wildman–Crippen MR) is 121 cm³/mol. The molecule has 0 spiro atoms. The van der Waals surface area contributed by atoms with E-state index in [0.29, 0.717) is 16.4 Å². The molecule has 0 radical (unpaired) electrons. The van der Waals surface area contributed by atoms with Gasteiger partial charge in [-0.05, 0) is 42.5 Å². The van der Waals surface area contributed by atoms with Crippen LogP contribution in [-0.2, 0) is 16.0 Å². The number of rotatable bonds is 6. The Balaban J connectivity index is 1.23. The van der Waals surface area contributed by atoms with E-state index in [4.69, 9.17) is 4.74 Å². The second-order valence-electron chi connectivity index (χ2n) is 7.57. The van der Waals surface area contributed by atoms with E-state index in [1.165, 1.54) is 23.9 Å². The standard InChI is InChI=1S/C21H20F3N3O4S2/c22-21(23,24)14-2-1-3-16(10-14)31-9-8-25-19(28)13-4-6-15(7-5-13)26-20-27-17-11-33(29,30)12-18(17)32-20/h1-7,10,17-18H,8-9,11-12H2,(H,25,28)(H,26,27)/t17-,18+/m0/s1. The van der Waals surface area contributed by atoms with Gasteiger partial charge in [0.05, 0.1) is 29.7 Å². The number of fused-ring (bicyclic) bond motifs is 1. The van der Waals surface area contributed by atoms with Gasteiger partial charge in [0, 0.05) is 16.5 Å². The van der Waals surface area contributed by atoms with Crippen molar-refractivity contribution in [1.29, 1.82) is 0 Å². The molecule has 0 bridgehead atoms. The van der Waals surface area contributed by atoms with Crippen molar-refractivity contribution in [3.8, 4) is 5.75 Å². The third kappa shape index (κ3) is 5.99. The molecule has 1 fully saturated rings. The lowest BCUT2D eigenvalue weighted by molar-refractivity contribution is -0.137. The first-order valence-electron chi connectivity index (χ1n) is 9.99. The lowest BCUT2D eigenvalue weighted by Gasteiger charge is -2.11. The number of carbonyl (C=O) groups is 1. The summed E-state index contributed by atoms with van der Waals surface area (Å²) in [6.07, 6.45) is -4.45. The summed E-state index contributed by atoms with van der Waals surface area (Å²) in [7, 11) is -3.00. The molecular formula is C21H20F3N3O4S2. The highest BCUT2D eigenvalue weighted by Gasteiger charge is 2.42. The third-order valence-electron chi connectivity index (χ3n) is 5.03. The number of nitrogens with one attached hydrogen (secondary N) is 2. The molecular weight excluding hydrogens is 479 g/mol. The lowest BCUT2D eigenvalue weighted by atomic mass is 10.2. The molecule has 0 aliphatic carbocycles. The molecule has 2 heterocycles. The van der Waals surface area contributed by atoms with Gasteiger partial charge in [-0.15, -0.1) is 0 Å². The number of alkyl halides is 3. The highest BCUT2D eigenvalue weighted by molar-refractivity contribution is 8.15. The number of carbonyl (C=O) groups excluding carboxylic acids is 1. The first-order valence-corrected chi connectivity index (χ1v) is 12.7. The fourth-order valence-corrected chi connectivity index (χ4v) is 7.12. The minimum atomic E-state index is -4.45. The molecule has 1 saturated heterocycles. The van der Waals surface area contributed by atoms with Crippen molar-refractivity contribution >= 4 is 38.4 Å². The number of amides is 1. The van der Waals surface area contributed by atoms with Crippen molar-refractivity contribution in [1.82, 2.24) is 5.32 Å². The molecule has 0 aromatic heterocycles. The van der Waals surface area contributed by atoms with Crippen molar-refractivity contribution in [3.05, 3.63) is 59.7 Å². The number of aliphatic imine (C=N–C) groups is 1. The van der Waals surface area contributed by atoms with Crippen LogP contribution < -0.4 is 15.4 Å². The molecule has 2 aliphatic heterocycles. The SMILES string of the molecule is O=C(NCCOc1cccc(C(F)(F)F)c1)c1ccc(NC2=N[C@H]3CS(=O)(=O)C[C@H]3S2)cc1. The van der Waals surface area contributed by atoms with Crippen LogP contribution in [0.3, 0.4) is 0 Å². The zero-order valence-corrected chi connectivity index (χ0v) is 18.8. The van der Waals surface area contributed by atoms with Crippen LogP contribution in [0.15, 0.2) is 53.5 Å². The van der Waals surface area contributed by atoms with E-state index in [-0.39, 0.29) is 47.6 Å². The molecule has 7 nitrogen and oxygen atoms in total. The van der Waals surface area contributed by atoms with Crippen LogP contribution in [0.1, 0.15) is 15.9 Å². The Bertz CT molecular complexity index is 1170. The van der Waals surface area contributed by atoms with E-state index < -0.39 is 21.6 Å². The molecule has 12 heteroatoms. The minimum absolute atomic E-state index is 0.0157. The molecule has 2 aromatic carbocycles. The number of ether oxygens (including phenoxy) is 1. The average molecular weight is 500 g/mol. The molecule has 2 atom stereocenters. The van der Waals surface area contributed by atoms with Crippen LogP contribution in [0.5, 0.6) is 5.75 Å². The Morgan fingerprint density at radius 1 is 1.15 bits per heavy atom. The van der Waals surface area contributed by atoms with Crippen LogP contribution in [0.2, 0.25) is 0 Å². The molecule has 2 N–H and O–H groups in total. The Morgan fingerprint density at radius 2 is 1.91 bits per heavy atom. The minimum Gasteiger partial charge on any atom is -0.492 e. The number of benzene rings is 2. The Labute approximate surface area is 192 Å². The maximum atomic E-state index is 12.7. The average Bonchev–Trinajstić information content (AvgIpc) is 3.23. The zero-order valence-electron chi connectivity index (χ0n) is 17.1.